The number of carbonyl (C=O) groups is 2. The van der Waals surface area contributed by atoms with E-state index < -0.39 is 18.1 Å². The van der Waals surface area contributed by atoms with Gasteiger partial charge in [-0.15, -0.1) is 0 Å². The molecule has 30 heavy (non-hydrogen) atoms. The third-order valence-electron chi connectivity index (χ3n) is 5.12. The lowest BCUT2D eigenvalue weighted by atomic mass is 9.98. The lowest BCUT2D eigenvalue weighted by molar-refractivity contribution is -0.137. The molecule has 3 aromatic rings. The quantitative estimate of drug-likeness (QED) is 0.539. The molecule has 7 heteroatoms. The first-order chi connectivity index (χ1) is 14.5. The molecule has 0 bridgehead atoms. The fraction of sp³-hybridized carbons (Fsp3) is 0.174. The first-order valence-electron chi connectivity index (χ1n) is 9.47. The second kappa shape index (κ2) is 8.67. The number of hydrogen-bond acceptors (Lipinski definition) is 4. The number of fused-ring (bicyclic) bond motifs is 3. The Kier molecular flexibility index (Phi) is 5.81. The van der Waals surface area contributed by atoms with Crippen LogP contribution in [0.2, 0.25) is 0 Å². The zero-order chi connectivity index (χ0) is 21.1. The van der Waals surface area contributed by atoms with Gasteiger partial charge in [0.25, 0.3) is 0 Å². The van der Waals surface area contributed by atoms with Crippen molar-refractivity contribution in [3.8, 4) is 11.1 Å². The summed E-state index contributed by atoms with van der Waals surface area (Å²) in [6.45, 7) is 0.160. The fourth-order valence-corrected chi connectivity index (χ4v) is 4.01. The number of carboxylic acids is 1. The van der Waals surface area contributed by atoms with Crippen LogP contribution >= 0.6 is 15.9 Å². The van der Waals surface area contributed by atoms with Gasteiger partial charge in [0, 0.05) is 16.6 Å². The molecule has 6 nitrogen and oxygen atoms in total. The van der Waals surface area contributed by atoms with Crippen molar-refractivity contribution in [1.29, 1.82) is 0 Å². The Morgan fingerprint density at radius 3 is 2.23 bits per heavy atom. The molecule has 4 rings (SSSR count). The van der Waals surface area contributed by atoms with Crippen LogP contribution in [0.5, 0.6) is 0 Å². The first-order valence-corrected chi connectivity index (χ1v) is 10.3. The van der Waals surface area contributed by atoms with Crippen LogP contribution in [-0.2, 0) is 9.53 Å². The van der Waals surface area contributed by atoms with Crippen molar-refractivity contribution < 1.29 is 19.4 Å². The van der Waals surface area contributed by atoms with Crippen molar-refractivity contribution >= 4 is 28.0 Å². The molecule has 1 aliphatic carbocycles. The molecule has 0 fully saturated rings. The van der Waals surface area contributed by atoms with E-state index in [4.69, 9.17) is 4.74 Å². The van der Waals surface area contributed by atoms with E-state index >= 15 is 0 Å². The van der Waals surface area contributed by atoms with Crippen LogP contribution in [0.1, 0.15) is 35.2 Å². The van der Waals surface area contributed by atoms with Gasteiger partial charge in [0.15, 0.2) is 0 Å². The summed E-state index contributed by atoms with van der Waals surface area (Å²) in [6.07, 6.45) is 0.593. The molecule has 2 N–H and O–H groups in total. The third-order valence-corrected chi connectivity index (χ3v) is 5.59. The number of ether oxygens (including phenoxy) is 1. The van der Waals surface area contributed by atoms with Gasteiger partial charge >= 0.3 is 12.1 Å². The molecule has 2 aromatic carbocycles. The zero-order valence-corrected chi connectivity index (χ0v) is 17.5. The number of hydrogen-bond donors (Lipinski definition) is 2. The van der Waals surface area contributed by atoms with E-state index in [1.54, 1.807) is 18.3 Å². The second-order valence-corrected chi connectivity index (χ2v) is 7.94. The van der Waals surface area contributed by atoms with Crippen LogP contribution in [0.15, 0.2) is 71.3 Å². The smallest absolute Gasteiger partial charge is 0.407 e. The molecule has 0 aliphatic heterocycles. The highest BCUT2D eigenvalue weighted by molar-refractivity contribution is 9.10. The van der Waals surface area contributed by atoms with Crippen molar-refractivity contribution in [3.63, 3.8) is 0 Å². The highest BCUT2D eigenvalue weighted by Crippen LogP contribution is 2.44. The Morgan fingerprint density at radius 2 is 1.67 bits per heavy atom. The lowest BCUT2D eigenvalue weighted by Gasteiger charge is -2.18. The van der Waals surface area contributed by atoms with Crippen LogP contribution < -0.4 is 5.32 Å². The number of amides is 1. The summed E-state index contributed by atoms with van der Waals surface area (Å²) in [5.74, 6) is -1.10. The van der Waals surface area contributed by atoms with Crippen molar-refractivity contribution in [2.45, 2.75) is 18.4 Å². The van der Waals surface area contributed by atoms with Gasteiger partial charge < -0.3 is 15.2 Å². The molecule has 1 atom stereocenters. The first kappa shape index (κ1) is 20.1. The maximum Gasteiger partial charge on any atom is 0.407 e. The largest absolute Gasteiger partial charge is 0.481 e. The summed E-state index contributed by atoms with van der Waals surface area (Å²) < 4.78 is 6.28. The van der Waals surface area contributed by atoms with E-state index in [-0.39, 0.29) is 18.9 Å². The van der Waals surface area contributed by atoms with Crippen molar-refractivity contribution in [3.05, 3.63) is 88.2 Å². The van der Waals surface area contributed by atoms with E-state index in [9.17, 15) is 14.7 Å². The zero-order valence-electron chi connectivity index (χ0n) is 15.9. The van der Waals surface area contributed by atoms with E-state index in [0.29, 0.717) is 5.69 Å². The third kappa shape index (κ3) is 4.21. The second-order valence-electron chi connectivity index (χ2n) is 7.02. The Hall–Kier alpha value is -3.19. The van der Waals surface area contributed by atoms with Crippen molar-refractivity contribution in [2.75, 3.05) is 6.61 Å². The van der Waals surface area contributed by atoms with Gasteiger partial charge in [-0.1, -0.05) is 48.5 Å². The summed E-state index contributed by atoms with van der Waals surface area (Å²) in [6, 6.07) is 18.8. The van der Waals surface area contributed by atoms with Crippen molar-refractivity contribution in [2.24, 2.45) is 0 Å². The van der Waals surface area contributed by atoms with Gasteiger partial charge in [-0.25, -0.2) is 4.79 Å². The minimum Gasteiger partial charge on any atom is -0.481 e. The molecule has 1 aromatic heterocycles. The Labute approximate surface area is 182 Å². The summed E-state index contributed by atoms with van der Waals surface area (Å²) in [7, 11) is 0. The Balaban J connectivity index is 1.47. The number of carboxylic acid groups (broad SMARTS) is 1. The minimum absolute atomic E-state index is 0.0631. The maximum absolute atomic E-state index is 12.5. The van der Waals surface area contributed by atoms with E-state index in [1.807, 2.05) is 36.4 Å². The number of nitrogens with one attached hydrogen (secondary N) is 1. The number of nitrogens with zero attached hydrogens (tertiary/aromatic N) is 1. The van der Waals surface area contributed by atoms with E-state index in [1.165, 1.54) is 0 Å². The van der Waals surface area contributed by atoms with E-state index in [0.717, 1.165) is 26.7 Å². The molecule has 1 aliphatic rings. The molecule has 1 heterocycles. The number of aliphatic carboxylic acids is 1. The maximum atomic E-state index is 12.5. The van der Waals surface area contributed by atoms with Gasteiger partial charge in [-0.3, -0.25) is 9.78 Å². The number of alkyl carbamates (subject to hydrolysis) is 1. The van der Waals surface area contributed by atoms with Gasteiger partial charge in [-0.05, 0) is 50.3 Å². The van der Waals surface area contributed by atoms with Crippen LogP contribution in [0, 0.1) is 0 Å². The molecular formula is C23H19BrN2O4. The molecule has 0 saturated carbocycles. The van der Waals surface area contributed by atoms with Gasteiger partial charge in [0.2, 0.25) is 0 Å². The molecule has 1 unspecified atom stereocenters. The normalized spacial score (nSPS) is 13.2. The predicted molar refractivity (Wildman–Crippen MR) is 115 cm³/mol. The predicted octanol–water partition coefficient (Wildman–Crippen LogP) is 4.90. The number of carbonyl (C=O) groups excluding carboxylic acids is 1. The van der Waals surface area contributed by atoms with Crippen LogP contribution in [0.25, 0.3) is 11.1 Å². The number of rotatable bonds is 6. The molecule has 1 amide bonds. The molecule has 0 spiro atoms. The summed E-state index contributed by atoms with van der Waals surface area (Å²) in [5, 5.41) is 11.8. The number of pyridine rings is 1. The minimum atomic E-state index is -1.04. The van der Waals surface area contributed by atoms with Gasteiger partial charge in [-0.2, -0.15) is 0 Å². The summed E-state index contributed by atoms with van der Waals surface area (Å²) in [4.78, 5) is 27.9. The average molecular weight is 467 g/mol. The topological polar surface area (TPSA) is 88.5 Å². The van der Waals surface area contributed by atoms with Crippen LogP contribution in [-0.4, -0.2) is 28.8 Å². The standard InChI is InChI=1S/C23H19BrN2O4/c24-14-9-10-20(25-12-14)21(11-22(27)28)26-23(29)30-13-19-17-7-3-1-5-15(17)16-6-2-4-8-18(16)19/h1-10,12,19,21H,11,13H2,(H,26,29)(H,27,28). The summed E-state index contributed by atoms with van der Waals surface area (Å²) in [5.41, 5.74) is 4.97. The molecule has 0 saturated heterocycles. The number of halogens is 1. The number of aromatic nitrogens is 1. The Bertz CT molecular complexity index is 1040. The molecule has 0 radical (unpaired) electrons. The molecular weight excluding hydrogens is 448 g/mol. The average Bonchev–Trinajstić information content (AvgIpc) is 3.06. The highest BCUT2D eigenvalue weighted by Gasteiger charge is 2.29. The van der Waals surface area contributed by atoms with Crippen LogP contribution in [0.4, 0.5) is 4.79 Å². The SMILES string of the molecule is O=C(O)CC(NC(=O)OCC1c2ccccc2-c2ccccc21)c1ccc(Br)cn1. The lowest BCUT2D eigenvalue weighted by Crippen LogP contribution is -2.32. The van der Waals surface area contributed by atoms with E-state index in [2.05, 4.69) is 38.4 Å². The number of benzene rings is 2. The highest BCUT2D eigenvalue weighted by atomic mass is 79.9. The Morgan fingerprint density at radius 1 is 1.03 bits per heavy atom. The monoisotopic (exact) mass is 466 g/mol. The summed E-state index contributed by atoms with van der Waals surface area (Å²) >= 11 is 3.29. The van der Waals surface area contributed by atoms with Gasteiger partial charge in [0.05, 0.1) is 18.2 Å². The fourth-order valence-electron chi connectivity index (χ4n) is 3.78. The van der Waals surface area contributed by atoms with Gasteiger partial charge in [0.1, 0.15) is 6.61 Å². The van der Waals surface area contributed by atoms with Crippen molar-refractivity contribution in [1.82, 2.24) is 10.3 Å². The van der Waals surface area contributed by atoms with Crippen LogP contribution in [0.3, 0.4) is 0 Å². The molecule has 152 valence electrons.